The molecule has 0 fully saturated rings. The number of anilines is 1. The van der Waals surface area contributed by atoms with Crippen LogP contribution in [0.3, 0.4) is 0 Å². The van der Waals surface area contributed by atoms with Gasteiger partial charge < -0.3 is 10.1 Å². The third kappa shape index (κ3) is 3.84. The Morgan fingerprint density at radius 1 is 1.08 bits per heavy atom. The molecule has 0 spiro atoms. The average Bonchev–Trinajstić information content (AvgIpc) is 3.05. The van der Waals surface area contributed by atoms with Crippen molar-refractivity contribution in [3.63, 3.8) is 0 Å². The minimum absolute atomic E-state index is 0.245. The Kier molecular flexibility index (Phi) is 5.49. The first-order valence-corrected chi connectivity index (χ1v) is 9.19. The number of rotatable bonds is 4. The normalized spacial score (nSPS) is 10.4. The van der Waals surface area contributed by atoms with Gasteiger partial charge >= 0.3 is 5.97 Å². The van der Waals surface area contributed by atoms with Gasteiger partial charge in [-0.15, -0.1) is 11.3 Å². The molecule has 26 heavy (non-hydrogen) atoms. The van der Waals surface area contributed by atoms with E-state index in [1.165, 1.54) is 30.6 Å². The van der Waals surface area contributed by atoms with E-state index in [9.17, 15) is 14.0 Å². The number of methoxy groups -OCH3 is 1. The molecule has 1 N–H and O–H groups in total. The van der Waals surface area contributed by atoms with Gasteiger partial charge in [0.15, 0.2) is 0 Å². The second kappa shape index (κ2) is 7.80. The minimum Gasteiger partial charge on any atom is -0.465 e. The van der Waals surface area contributed by atoms with Gasteiger partial charge in [0.25, 0.3) is 5.91 Å². The van der Waals surface area contributed by atoms with E-state index in [0.29, 0.717) is 21.7 Å². The van der Waals surface area contributed by atoms with Gasteiger partial charge in [0, 0.05) is 21.0 Å². The van der Waals surface area contributed by atoms with Gasteiger partial charge in [0.1, 0.15) is 16.4 Å². The van der Waals surface area contributed by atoms with Crippen LogP contribution in [0.2, 0.25) is 0 Å². The Labute approximate surface area is 161 Å². The number of benzene rings is 2. The van der Waals surface area contributed by atoms with E-state index in [1.807, 2.05) is 0 Å². The van der Waals surface area contributed by atoms with Gasteiger partial charge in [-0.05, 0) is 42.0 Å². The molecule has 3 aromatic rings. The maximum Gasteiger partial charge on any atom is 0.341 e. The monoisotopic (exact) mass is 433 g/mol. The standard InChI is InChI=1S/C19H13BrFNO3S/c1-25-19(24)16-15(11-4-8-14(21)9-5-11)10-26-18(16)22-17(23)12-2-6-13(20)7-3-12/h2-10H,1H3,(H,22,23). The molecule has 1 aromatic heterocycles. The SMILES string of the molecule is COC(=O)c1c(-c2ccc(F)cc2)csc1NC(=O)c1ccc(Br)cc1. The Bertz CT molecular complexity index is 952. The highest BCUT2D eigenvalue weighted by molar-refractivity contribution is 9.10. The lowest BCUT2D eigenvalue weighted by molar-refractivity contribution is 0.0603. The summed E-state index contributed by atoms with van der Waals surface area (Å²) in [5.74, 6) is -1.28. The van der Waals surface area contributed by atoms with Crippen molar-refractivity contribution >= 4 is 44.1 Å². The highest BCUT2D eigenvalue weighted by atomic mass is 79.9. The summed E-state index contributed by atoms with van der Waals surface area (Å²) in [4.78, 5) is 24.7. The molecule has 0 aliphatic carbocycles. The molecule has 0 unspecified atom stereocenters. The first kappa shape index (κ1) is 18.3. The van der Waals surface area contributed by atoms with Crippen LogP contribution in [0.1, 0.15) is 20.7 Å². The van der Waals surface area contributed by atoms with Gasteiger partial charge in [0.05, 0.1) is 7.11 Å². The lowest BCUT2D eigenvalue weighted by atomic mass is 10.0. The topological polar surface area (TPSA) is 55.4 Å². The van der Waals surface area contributed by atoms with Gasteiger partial charge in [-0.3, -0.25) is 4.79 Å². The van der Waals surface area contributed by atoms with Crippen LogP contribution in [0.15, 0.2) is 58.4 Å². The Morgan fingerprint density at radius 3 is 2.35 bits per heavy atom. The number of nitrogens with one attached hydrogen (secondary N) is 1. The van der Waals surface area contributed by atoms with Crippen molar-refractivity contribution in [1.82, 2.24) is 0 Å². The predicted molar refractivity (Wildman–Crippen MR) is 103 cm³/mol. The zero-order chi connectivity index (χ0) is 18.7. The van der Waals surface area contributed by atoms with Crippen LogP contribution >= 0.6 is 27.3 Å². The molecule has 2 aromatic carbocycles. The van der Waals surface area contributed by atoms with Gasteiger partial charge in [-0.1, -0.05) is 28.1 Å². The summed E-state index contributed by atoms with van der Waals surface area (Å²) in [6.07, 6.45) is 0. The molecule has 4 nitrogen and oxygen atoms in total. The molecule has 132 valence electrons. The maximum absolute atomic E-state index is 13.2. The van der Waals surface area contributed by atoms with Crippen molar-refractivity contribution in [3.05, 3.63) is 75.3 Å². The second-order valence-corrected chi connectivity index (χ2v) is 7.11. The number of carbonyl (C=O) groups is 2. The van der Waals surface area contributed by atoms with Crippen LogP contribution in [0.25, 0.3) is 11.1 Å². The van der Waals surface area contributed by atoms with Crippen LogP contribution in [0.5, 0.6) is 0 Å². The van der Waals surface area contributed by atoms with E-state index in [2.05, 4.69) is 21.2 Å². The molecule has 7 heteroatoms. The summed E-state index contributed by atoms with van der Waals surface area (Å²) in [5, 5.41) is 4.86. The van der Waals surface area contributed by atoms with Crippen LogP contribution in [-0.4, -0.2) is 19.0 Å². The van der Waals surface area contributed by atoms with E-state index in [0.717, 1.165) is 4.47 Å². The zero-order valence-electron chi connectivity index (χ0n) is 13.6. The van der Waals surface area contributed by atoms with Crippen LogP contribution in [0.4, 0.5) is 9.39 Å². The number of hydrogen-bond acceptors (Lipinski definition) is 4. The highest BCUT2D eigenvalue weighted by Gasteiger charge is 2.22. The van der Waals surface area contributed by atoms with Crippen LogP contribution in [-0.2, 0) is 4.74 Å². The first-order valence-electron chi connectivity index (χ1n) is 7.52. The molecule has 0 saturated heterocycles. The summed E-state index contributed by atoms with van der Waals surface area (Å²) in [6, 6.07) is 12.6. The third-order valence-corrected chi connectivity index (χ3v) is 5.09. The number of halogens is 2. The highest BCUT2D eigenvalue weighted by Crippen LogP contribution is 2.36. The molecule has 0 bridgehead atoms. The largest absolute Gasteiger partial charge is 0.465 e. The molecule has 0 aliphatic rings. The molecular formula is C19H13BrFNO3S. The van der Waals surface area contributed by atoms with Crippen molar-refractivity contribution in [2.24, 2.45) is 0 Å². The lowest BCUT2D eigenvalue weighted by Gasteiger charge is -2.08. The fourth-order valence-electron chi connectivity index (χ4n) is 2.37. The summed E-state index contributed by atoms with van der Waals surface area (Å²) in [7, 11) is 1.27. The number of esters is 1. The zero-order valence-corrected chi connectivity index (χ0v) is 16.0. The fourth-order valence-corrected chi connectivity index (χ4v) is 3.59. The second-order valence-electron chi connectivity index (χ2n) is 5.31. The van der Waals surface area contributed by atoms with Crippen molar-refractivity contribution in [1.29, 1.82) is 0 Å². The molecule has 0 aliphatic heterocycles. The van der Waals surface area contributed by atoms with E-state index in [4.69, 9.17) is 4.74 Å². The summed E-state index contributed by atoms with van der Waals surface area (Å²) in [6.45, 7) is 0. The van der Waals surface area contributed by atoms with E-state index < -0.39 is 5.97 Å². The van der Waals surface area contributed by atoms with E-state index in [1.54, 1.807) is 41.8 Å². The summed E-state index contributed by atoms with van der Waals surface area (Å²) in [5.41, 5.74) is 1.94. The molecule has 0 saturated carbocycles. The first-order chi connectivity index (χ1) is 12.5. The van der Waals surface area contributed by atoms with E-state index in [-0.39, 0.29) is 17.3 Å². The molecule has 3 rings (SSSR count). The smallest absolute Gasteiger partial charge is 0.341 e. The van der Waals surface area contributed by atoms with Crippen molar-refractivity contribution in [3.8, 4) is 11.1 Å². The predicted octanol–water partition coefficient (Wildman–Crippen LogP) is 5.36. The van der Waals surface area contributed by atoms with E-state index >= 15 is 0 Å². The van der Waals surface area contributed by atoms with Crippen molar-refractivity contribution in [2.75, 3.05) is 12.4 Å². The molecule has 1 heterocycles. The van der Waals surface area contributed by atoms with Gasteiger partial charge in [-0.2, -0.15) is 0 Å². The molecule has 0 atom stereocenters. The lowest BCUT2D eigenvalue weighted by Crippen LogP contribution is -2.14. The number of ether oxygens (including phenoxy) is 1. The Balaban J connectivity index is 1.96. The molecular weight excluding hydrogens is 421 g/mol. The summed E-state index contributed by atoms with van der Waals surface area (Å²) >= 11 is 4.53. The number of hydrogen-bond donors (Lipinski definition) is 1. The number of amides is 1. The minimum atomic E-state index is -0.573. The maximum atomic E-state index is 13.2. The fraction of sp³-hybridized carbons (Fsp3) is 0.0526. The summed E-state index contributed by atoms with van der Waals surface area (Å²) < 4.78 is 18.9. The quantitative estimate of drug-likeness (QED) is 0.563. The van der Waals surface area contributed by atoms with Crippen LogP contribution in [0, 0.1) is 5.82 Å². The Hall–Kier alpha value is -2.51. The average molecular weight is 434 g/mol. The van der Waals surface area contributed by atoms with Gasteiger partial charge in [-0.25, -0.2) is 9.18 Å². The van der Waals surface area contributed by atoms with Crippen molar-refractivity contribution < 1.29 is 18.7 Å². The van der Waals surface area contributed by atoms with Crippen LogP contribution < -0.4 is 5.32 Å². The number of carbonyl (C=O) groups excluding carboxylic acids is 2. The third-order valence-electron chi connectivity index (χ3n) is 3.67. The molecule has 1 amide bonds. The van der Waals surface area contributed by atoms with Gasteiger partial charge in [0.2, 0.25) is 0 Å². The Morgan fingerprint density at radius 2 is 1.73 bits per heavy atom. The van der Waals surface area contributed by atoms with Crippen molar-refractivity contribution in [2.45, 2.75) is 0 Å². The number of thiophene rings is 1. The molecule has 0 radical (unpaired) electrons.